The van der Waals surface area contributed by atoms with E-state index in [0.29, 0.717) is 24.4 Å². The van der Waals surface area contributed by atoms with Crippen LogP contribution in [0, 0.1) is 0 Å². The zero-order valence-electron chi connectivity index (χ0n) is 15.3. The zero-order chi connectivity index (χ0) is 20.0. The molecular weight excluding hydrogens is 380 g/mol. The summed E-state index contributed by atoms with van der Waals surface area (Å²) in [6, 6.07) is 10.5. The minimum absolute atomic E-state index is 0.138. The average molecular weight is 397 g/mol. The van der Waals surface area contributed by atoms with Gasteiger partial charge in [-0.15, -0.1) is 0 Å². The summed E-state index contributed by atoms with van der Waals surface area (Å²) in [6.45, 7) is 0.969. The van der Waals surface area contributed by atoms with Gasteiger partial charge in [0.05, 0.1) is 5.69 Å². The summed E-state index contributed by atoms with van der Waals surface area (Å²) in [6.07, 6.45) is 0.0122. The summed E-state index contributed by atoms with van der Waals surface area (Å²) in [5, 5.41) is 4.68. The van der Waals surface area contributed by atoms with Gasteiger partial charge in [-0.1, -0.05) is 18.2 Å². The molecule has 1 fully saturated rings. The van der Waals surface area contributed by atoms with Gasteiger partial charge in [0.25, 0.3) is 18.1 Å². The number of para-hydroxylation sites is 1. The number of benzene rings is 1. The molecule has 0 saturated carbocycles. The van der Waals surface area contributed by atoms with Gasteiger partial charge in [0, 0.05) is 24.4 Å². The molecule has 3 aromatic heterocycles. The molecule has 1 aromatic carbocycles. The number of likely N-dealkylation sites (tertiary alicyclic amines) is 1. The Kier molecular flexibility index (Phi) is 4.22. The lowest BCUT2D eigenvalue weighted by atomic mass is 9.94. The average Bonchev–Trinajstić information content (AvgIpc) is 3.39. The third-order valence-electron chi connectivity index (χ3n) is 5.29. The topological polar surface area (TPSA) is 76.5 Å². The van der Waals surface area contributed by atoms with Crippen LogP contribution < -0.4 is 0 Å². The summed E-state index contributed by atoms with van der Waals surface area (Å²) in [5.74, 6) is 0.0549. The van der Waals surface area contributed by atoms with E-state index in [4.69, 9.17) is 4.42 Å². The SMILES string of the molecule is O=C(c1cc2ccccc2o1)N1CCC[C@@H](c2cc(C(F)F)n3ncnc3n2)C1. The van der Waals surface area contributed by atoms with Crippen molar-refractivity contribution in [1.82, 2.24) is 24.5 Å². The Morgan fingerprint density at radius 1 is 1.24 bits per heavy atom. The molecule has 0 radical (unpaired) electrons. The highest BCUT2D eigenvalue weighted by atomic mass is 19.3. The number of aromatic nitrogens is 4. The number of rotatable bonds is 3. The number of nitrogens with zero attached hydrogens (tertiary/aromatic N) is 5. The Bertz CT molecular complexity index is 1170. The van der Waals surface area contributed by atoms with Crippen molar-refractivity contribution in [2.24, 2.45) is 0 Å². The Morgan fingerprint density at radius 3 is 2.93 bits per heavy atom. The Balaban J connectivity index is 1.43. The van der Waals surface area contributed by atoms with Gasteiger partial charge >= 0.3 is 0 Å². The van der Waals surface area contributed by atoms with Crippen molar-refractivity contribution in [3.8, 4) is 0 Å². The van der Waals surface area contributed by atoms with E-state index in [-0.39, 0.29) is 29.1 Å². The third kappa shape index (κ3) is 3.12. The maximum absolute atomic E-state index is 13.5. The normalized spacial score (nSPS) is 17.5. The highest BCUT2D eigenvalue weighted by Gasteiger charge is 2.29. The predicted octanol–water partition coefficient (Wildman–Crippen LogP) is 3.83. The van der Waals surface area contributed by atoms with Crippen LogP contribution in [0.25, 0.3) is 16.7 Å². The van der Waals surface area contributed by atoms with Gasteiger partial charge in [-0.25, -0.2) is 13.8 Å². The first-order valence-electron chi connectivity index (χ1n) is 9.37. The first-order chi connectivity index (χ1) is 14.1. The van der Waals surface area contributed by atoms with Crippen molar-refractivity contribution in [3.05, 3.63) is 59.9 Å². The quantitative estimate of drug-likeness (QED) is 0.525. The van der Waals surface area contributed by atoms with Gasteiger partial charge < -0.3 is 9.32 Å². The summed E-state index contributed by atoms with van der Waals surface area (Å²) >= 11 is 0. The van der Waals surface area contributed by atoms with E-state index in [1.807, 2.05) is 24.3 Å². The van der Waals surface area contributed by atoms with Crippen LogP contribution in [0.2, 0.25) is 0 Å². The van der Waals surface area contributed by atoms with Crippen molar-refractivity contribution in [1.29, 1.82) is 0 Å². The maximum atomic E-state index is 13.5. The second-order valence-electron chi connectivity index (χ2n) is 7.12. The molecule has 1 aliphatic heterocycles. The minimum atomic E-state index is -2.70. The molecule has 1 saturated heterocycles. The van der Waals surface area contributed by atoms with Gasteiger partial charge in [0.15, 0.2) is 5.76 Å². The molecule has 7 nitrogen and oxygen atoms in total. The second kappa shape index (κ2) is 6.91. The van der Waals surface area contributed by atoms with E-state index in [0.717, 1.165) is 22.7 Å². The molecular formula is C20H17F2N5O2. The van der Waals surface area contributed by atoms with Crippen molar-refractivity contribution < 1.29 is 18.0 Å². The number of fused-ring (bicyclic) bond motifs is 2. The summed E-state index contributed by atoms with van der Waals surface area (Å²) in [4.78, 5) is 23.0. The molecule has 5 rings (SSSR count). The standard InChI is InChI=1S/C20H17F2N5O2/c21-18(22)15-9-14(25-20-23-11-24-27(15)20)13-5-3-7-26(10-13)19(28)17-8-12-4-1-2-6-16(12)29-17/h1-2,4,6,8-9,11,13,18H,3,5,7,10H2/t13-/m1/s1. The van der Waals surface area contributed by atoms with Gasteiger partial charge in [-0.2, -0.15) is 14.6 Å². The fraction of sp³-hybridized carbons (Fsp3) is 0.300. The van der Waals surface area contributed by atoms with Crippen molar-refractivity contribution in [2.75, 3.05) is 13.1 Å². The van der Waals surface area contributed by atoms with Crippen LogP contribution in [0.1, 0.15) is 47.1 Å². The summed E-state index contributed by atoms with van der Waals surface area (Å²) in [7, 11) is 0. The molecule has 0 bridgehead atoms. The molecule has 0 spiro atoms. The van der Waals surface area contributed by atoms with Gasteiger partial charge in [-0.3, -0.25) is 4.79 Å². The molecule has 29 heavy (non-hydrogen) atoms. The molecule has 4 heterocycles. The Labute approximate surface area is 164 Å². The highest BCUT2D eigenvalue weighted by Crippen LogP contribution is 2.30. The van der Waals surface area contributed by atoms with E-state index in [1.54, 1.807) is 11.0 Å². The number of piperidine rings is 1. The van der Waals surface area contributed by atoms with E-state index in [2.05, 4.69) is 15.1 Å². The molecule has 0 unspecified atom stereocenters. The number of carbonyl (C=O) groups excluding carboxylic acids is 1. The lowest BCUT2D eigenvalue weighted by Gasteiger charge is -2.32. The first kappa shape index (κ1) is 17.7. The molecule has 148 valence electrons. The van der Waals surface area contributed by atoms with Crippen LogP contribution in [0.5, 0.6) is 0 Å². The number of halogens is 2. The molecule has 1 aliphatic rings. The summed E-state index contributed by atoms with van der Waals surface area (Å²) < 4.78 is 33.7. The fourth-order valence-electron chi connectivity index (χ4n) is 3.86. The molecule has 1 atom stereocenters. The molecule has 0 aliphatic carbocycles. The minimum Gasteiger partial charge on any atom is -0.451 e. The smallest absolute Gasteiger partial charge is 0.289 e. The molecule has 1 amide bonds. The summed E-state index contributed by atoms with van der Waals surface area (Å²) in [5.41, 5.74) is 0.913. The first-order valence-corrected chi connectivity index (χ1v) is 9.37. The number of amides is 1. The maximum Gasteiger partial charge on any atom is 0.289 e. The number of hydrogen-bond acceptors (Lipinski definition) is 5. The van der Waals surface area contributed by atoms with E-state index in [9.17, 15) is 13.6 Å². The third-order valence-corrected chi connectivity index (χ3v) is 5.29. The van der Waals surface area contributed by atoms with Crippen LogP contribution in [-0.4, -0.2) is 43.5 Å². The highest BCUT2D eigenvalue weighted by molar-refractivity contribution is 5.96. The van der Waals surface area contributed by atoms with Gasteiger partial charge in [0.2, 0.25) is 0 Å². The van der Waals surface area contributed by atoms with Gasteiger partial charge in [-0.05, 0) is 31.0 Å². The molecule has 9 heteroatoms. The van der Waals surface area contributed by atoms with E-state index >= 15 is 0 Å². The van der Waals surface area contributed by atoms with Crippen molar-refractivity contribution in [2.45, 2.75) is 25.2 Å². The number of furan rings is 1. The number of alkyl halides is 2. The largest absolute Gasteiger partial charge is 0.451 e. The van der Waals surface area contributed by atoms with Gasteiger partial charge in [0.1, 0.15) is 17.6 Å². The fourth-order valence-corrected chi connectivity index (χ4v) is 3.86. The molecule has 0 N–H and O–H groups in total. The lowest BCUT2D eigenvalue weighted by Crippen LogP contribution is -2.39. The number of carbonyl (C=O) groups is 1. The van der Waals surface area contributed by atoms with Crippen LogP contribution in [0.3, 0.4) is 0 Å². The van der Waals surface area contributed by atoms with Crippen LogP contribution in [-0.2, 0) is 0 Å². The van der Waals surface area contributed by atoms with E-state index < -0.39 is 6.43 Å². The number of hydrogen-bond donors (Lipinski definition) is 0. The monoisotopic (exact) mass is 397 g/mol. The van der Waals surface area contributed by atoms with Crippen molar-refractivity contribution >= 4 is 22.7 Å². The second-order valence-corrected chi connectivity index (χ2v) is 7.12. The Hall–Kier alpha value is -3.36. The van der Waals surface area contributed by atoms with Crippen LogP contribution >= 0.6 is 0 Å². The van der Waals surface area contributed by atoms with Crippen molar-refractivity contribution in [3.63, 3.8) is 0 Å². The molecule has 4 aromatic rings. The van der Waals surface area contributed by atoms with Crippen LogP contribution in [0.4, 0.5) is 8.78 Å². The van der Waals surface area contributed by atoms with Crippen LogP contribution in [0.15, 0.2) is 47.1 Å². The lowest BCUT2D eigenvalue weighted by molar-refractivity contribution is 0.0675. The van der Waals surface area contributed by atoms with E-state index in [1.165, 1.54) is 12.4 Å². The Morgan fingerprint density at radius 2 is 2.10 bits per heavy atom. The zero-order valence-corrected chi connectivity index (χ0v) is 15.3. The predicted molar refractivity (Wildman–Crippen MR) is 99.8 cm³/mol.